The van der Waals surface area contributed by atoms with Gasteiger partial charge in [-0.15, -0.1) is 11.3 Å². The van der Waals surface area contributed by atoms with Crippen LogP contribution in [0, 0.1) is 18.2 Å². The first-order chi connectivity index (χ1) is 11.8. The fourth-order valence-electron chi connectivity index (χ4n) is 2.90. The molecule has 0 atom stereocenters. The Hall–Kier alpha value is -2.28. The molecule has 1 aromatic carbocycles. The number of aryl methyl sites for hydroxylation is 1. The fraction of sp³-hybridized carbons (Fsp3) is 0.389. The van der Waals surface area contributed by atoms with E-state index in [0.29, 0.717) is 41.5 Å². The number of primary amides is 1. The standard InChI is InChI=1S/C18H20FN3O2S/c1-11-14(25-15(21-11)12-3-5-13(19)6-4-12)16(23)22-9-7-18(2,8-10-22)17(20)24/h3-6H,7-10H2,1-2H3,(H2,20,24). The number of halogens is 1. The van der Waals surface area contributed by atoms with Gasteiger partial charge in [-0.3, -0.25) is 9.59 Å². The van der Waals surface area contributed by atoms with Crippen molar-refractivity contribution in [2.24, 2.45) is 11.1 Å². The average molecular weight is 361 g/mol. The Balaban J connectivity index is 1.77. The highest BCUT2D eigenvalue weighted by molar-refractivity contribution is 7.17. The minimum atomic E-state index is -0.543. The average Bonchev–Trinajstić information content (AvgIpc) is 2.97. The van der Waals surface area contributed by atoms with Gasteiger partial charge in [0.25, 0.3) is 5.91 Å². The first-order valence-electron chi connectivity index (χ1n) is 8.13. The molecule has 0 bridgehead atoms. The van der Waals surface area contributed by atoms with Crippen molar-refractivity contribution in [2.75, 3.05) is 13.1 Å². The first kappa shape index (κ1) is 17.5. The number of hydrogen-bond donors (Lipinski definition) is 1. The predicted molar refractivity (Wildman–Crippen MR) is 94.7 cm³/mol. The molecule has 0 saturated carbocycles. The van der Waals surface area contributed by atoms with Crippen LogP contribution in [0.1, 0.15) is 35.1 Å². The Kier molecular flexibility index (Phi) is 4.60. The highest BCUT2D eigenvalue weighted by atomic mass is 32.1. The molecule has 0 spiro atoms. The zero-order chi connectivity index (χ0) is 18.2. The molecular formula is C18H20FN3O2S. The lowest BCUT2D eigenvalue weighted by atomic mass is 9.80. The van der Waals surface area contributed by atoms with Crippen molar-refractivity contribution >= 4 is 23.2 Å². The normalized spacial score (nSPS) is 16.7. The molecule has 1 aromatic heterocycles. The summed E-state index contributed by atoms with van der Waals surface area (Å²) in [6, 6.07) is 6.06. The van der Waals surface area contributed by atoms with Crippen LogP contribution in [-0.4, -0.2) is 34.8 Å². The zero-order valence-electron chi connectivity index (χ0n) is 14.2. The summed E-state index contributed by atoms with van der Waals surface area (Å²) < 4.78 is 13.1. The first-order valence-corrected chi connectivity index (χ1v) is 8.94. The number of amides is 2. The number of piperidine rings is 1. The summed E-state index contributed by atoms with van der Waals surface area (Å²) in [4.78, 5) is 31.2. The number of carbonyl (C=O) groups excluding carboxylic acids is 2. The van der Waals surface area contributed by atoms with Crippen molar-refractivity contribution in [1.29, 1.82) is 0 Å². The largest absolute Gasteiger partial charge is 0.369 e. The molecule has 1 fully saturated rings. The van der Waals surface area contributed by atoms with Crippen LogP contribution >= 0.6 is 11.3 Å². The third kappa shape index (κ3) is 3.42. The number of nitrogens with zero attached hydrogens (tertiary/aromatic N) is 2. The van der Waals surface area contributed by atoms with Crippen LogP contribution < -0.4 is 5.73 Å². The van der Waals surface area contributed by atoms with Gasteiger partial charge in [-0.25, -0.2) is 9.37 Å². The second kappa shape index (κ2) is 6.55. The second-order valence-electron chi connectivity index (χ2n) is 6.66. The van der Waals surface area contributed by atoms with Crippen LogP contribution in [0.5, 0.6) is 0 Å². The van der Waals surface area contributed by atoms with Crippen LogP contribution in [-0.2, 0) is 4.79 Å². The lowest BCUT2D eigenvalue weighted by Gasteiger charge is -2.37. The van der Waals surface area contributed by atoms with Gasteiger partial charge in [0.2, 0.25) is 5.91 Å². The van der Waals surface area contributed by atoms with Crippen molar-refractivity contribution in [1.82, 2.24) is 9.88 Å². The Morgan fingerprint density at radius 2 is 1.84 bits per heavy atom. The highest BCUT2D eigenvalue weighted by Crippen LogP contribution is 2.33. The quantitative estimate of drug-likeness (QED) is 0.913. The van der Waals surface area contributed by atoms with Gasteiger partial charge in [-0.1, -0.05) is 6.92 Å². The van der Waals surface area contributed by atoms with E-state index in [1.807, 2.05) is 6.92 Å². The molecule has 0 unspecified atom stereocenters. The van der Waals surface area contributed by atoms with Gasteiger partial charge < -0.3 is 10.6 Å². The number of nitrogens with two attached hydrogens (primary N) is 1. The van der Waals surface area contributed by atoms with Gasteiger partial charge in [-0.05, 0) is 44.0 Å². The molecule has 0 aliphatic carbocycles. The van der Waals surface area contributed by atoms with E-state index in [4.69, 9.17) is 5.73 Å². The van der Waals surface area contributed by atoms with E-state index in [1.54, 1.807) is 24.0 Å². The Labute approximate surface area is 149 Å². The summed E-state index contributed by atoms with van der Waals surface area (Å²) in [6.45, 7) is 4.65. The summed E-state index contributed by atoms with van der Waals surface area (Å²) in [6.07, 6.45) is 1.13. The molecule has 7 heteroatoms. The molecule has 5 nitrogen and oxygen atoms in total. The van der Waals surface area contributed by atoms with Gasteiger partial charge in [0.05, 0.1) is 5.69 Å². The van der Waals surface area contributed by atoms with Crippen LogP contribution in [0.3, 0.4) is 0 Å². The van der Waals surface area contributed by atoms with E-state index in [-0.39, 0.29) is 17.6 Å². The molecule has 1 saturated heterocycles. The molecule has 3 rings (SSSR count). The van der Waals surface area contributed by atoms with Crippen LogP contribution in [0.25, 0.3) is 10.6 Å². The Bertz CT molecular complexity index is 808. The maximum absolute atomic E-state index is 13.1. The van der Waals surface area contributed by atoms with E-state index in [1.165, 1.54) is 23.5 Å². The number of likely N-dealkylation sites (tertiary alicyclic amines) is 1. The number of rotatable bonds is 3. The summed E-state index contributed by atoms with van der Waals surface area (Å²) in [5, 5.41) is 0.694. The second-order valence-corrected chi connectivity index (χ2v) is 7.66. The van der Waals surface area contributed by atoms with Gasteiger partial charge in [0.1, 0.15) is 15.7 Å². The van der Waals surface area contributed by atoms with Gasteiger partial charge >= 0.3 is 0 Å². The maximum atomic E-state index is 13.1. The van der Waals surface area contributed by atoms with Crippen molar-refractivity contribution in [3.8, 4) is 10.6 Å². The molecule has 2 heterocycles. The zero-order valence-corrected chi connectivity index (χ0v) is 15.0. The molecule has 1 aliphatic rings. The molecule has 132 valence electrons. The number of hydrogen-bond acceptors (Lipinski definition) is 4. The Morgan fingerprint density at radius 1 is 1.24 bits per heavy atom. The fourth-order valence-corrected chi connectivity index (χ4v) is 3.94. The van der Waals surface area contributed by atoms with Crippen LogP contribution in [0.15, 0.2) is 24.3 Å². The minimum absolute atomic E-state index is 0.0742. The molecule has 25 heavy (non-hydrogen) atoms. The molecule has 2 aromatic rings. The minimum Gasteiger partial charge on any atom is -0.369 e. The number of carbonyl (C=O) groups is 2. The highest BCUT2D eigenvalue weighted by Gasteiger charge is 2.37. The van der Waals surface area contributed by atoms with E-state index in [0.717, 1.165) is 5.56 Å². The van der Waals surface area contributed by atoms with Crippen molar-refractivity contribution in [2.45, 2.75) is 26.7 Å². The molecule has 2 amide bonds. The van der Waals surface area contributed by atoms with E-state index < -0.39 is 5.41 Å². The van der Waals surface area contributed by atoms with Crippen LogP contribution in [0.4, 0.5) is 4.39 Å². The van der Waals surface area contributed by atoms with E-state index >= 15 is 0 Å². The van der Waals surface area contributed by atoms with Gasteiger partial charge in [0.15, 0.2) is 0 Å². The van der Waals surface area contributed by atoms with Crippen molar-refractivity contribution < 1.29 is 14.0 Å². The number of thiazole rings is 1. The third-order valence-corrected chi connectivity index (χ3v) is 6.03. The SMILES string of the molecule is Cc1nc(-c2ccc(F)cc2)sc1C(=O)N1CCC(C)(C(N)=O)CC1. The lowest BCUT2D eigenvalue weighted by molar-refractivity contribution is -0.129. The summed E-state index contributed by atoms with van der Waals surface area (Å²) in [5.41, 5.74) is 6.37. The molecule has 0 radical (unpaired) electrons. The van der Waals surface area contributed by atoms with Gasteiger partial charge in [-0.2, -0.15) is 0 Å². The summed E-state index contributed by atoms with van der Waals surface area (Å²) in [7, 11) is 0. The van der Waals surface area contributed by atoms with Gasteiger partial charge in [0, 0.05) is 24.1 Å². The molecular weight excluding hydrogens is 341 g/mol. The monoisotopic (exact) mass is 361 g/mol. The van der Waals surface area contributed by atoms with E-state index in [2.05, 4.69) is 4.98 Å². The van der Waals surface area contributed by atoms with E-state index in [9.17, 15) is 14.0 Å². The van der Waals surface area contributed by atoms with Crippen molar-refractivity contribution in [3.63, 3.8) is 0 Å². The molecule has 2 N–H and O–H groups in total. The predicted octanol–water partition coefficient (Wildman–Crippen LogP) is 2.99. The summed E-state index contributed by atoms with van der Waals surface area (Å²) in [5.74, 6) is -0.693. The molecule has 1 aliphatic heterocycles. The van der Waals surface area contributed by atoms with Crippen LogP contribution in [0.2, 0.25) is 0 Å². The summed E-state index contributed by atoms with van der Waals surface area (Å²) >= 11 is 1.31. The topological polar surface area (TPSA) is 76.3 Å². The maximum Gasteiger partial charge on any atom is 0.265 e. The number of aromatic nitrogens is 1. The third-order valence-electron chi connectivity index (χ3n) is 4.83. The Morgan fingerprint density at radius 3 is 2.40 bits per heavy atom. The smallest absolute Gasteiger partial charge is 0.265 e. The lowest BCUT2D eigenvalue weighted by Crippen LogP contribution is -2.47. The van der Waals surface area contributed by atoms with Crippen molar-refractivity contribution in [3.05, 3.63) is 40.7 Å². The number of benzene rings is 1.